The predicted molar refractivity (Wildman–Crippen MR) is 105 cm³/mol. The third kappa shape index (κ3) is 3.52. The summed E-state index contributed by atoms with van der Waals surface area (Å²) in [6, 6.07) is 9.30. The number of esters is 1. The first-order chi connectivity index (χ1) is 14.1. The van der Waals surface area contributed by atoms with Gasteiger partial charge in [0.05, 0.1) is 44.5 Å². The molecule has 2 aromatic carbocycles. The molecule has 1 N–H and O–H groups in total. The Hall–Kier alpha value is -2.77. The van der Waals surface area contributed by atoms with E-state index in [2.05, 4.69) is 0 Å². The van der Waals surface area contributed by atoms with Gasteiger partial charge in [-0.1, -0.05) is 6.07 Å². The molecule has 4 rings (SSSR count). The summed E-state index contributed by atoms with van der Waals surface area (Å²) in [5.41, 5.74) is 2.69. The van der Waals surface area contributed by atoms with Gasteiger partial charge in [0.2, 0.25) is 5.75 Å². The smallest absolute Gasteiger partial charge is 0.338 e. The van der Waals surface area contributed by atoms with E-state index >= 15 is 0 Å². The number of fused-ring (bicyclic) bond motifs is 1. The maximum absolute atomic E-state index is 11.8. The molecule has 0 aliphatic carbocycles. The molecule has 0 radical (unpaired) electrons. The van der Waals surface area contributed by atoms with Gasteiger partial charge in [0, 0.05) is 11.1 Å². The first-order valence-corrected chi connectivity index (χ1v) is 9.56. The third-order valence-corrected chi connectivity index (χ3v) is 5.25. The number of cyclic esters (lactones) is 1. The van der Waals surface area contributed by atoms with Gasteiger partial charge < -0.3 is 28.8 Å². The molecule has 0 atom stereocenters. The molecule has 0 bridgehead atoms. The van der Waals surface area contributed by atoms with Crippen LogP contribution in [-0.4, -0.2) is 51.2 Å². The van der Waals surface area contributed by atoms with E-state index < -0.39 is 5.41 Å². The molecule has 1 saturated heterocycles. The van der Waals surface area contributed by atoms with Crippen LogP contribution in [0.2, 0.25) is 0 Å². The van der Waals surface area contributed by atoms with Crippen molar-refractivity contribution in [3.8, 4) is 28.4 Å². The molecular weight excluding hydrogens is 376 g/mol. The van der Waals surface area contributed by atoms with Gasteiger partial charge in [-0.3, -0.25) is 0 Å². The number of aliphatic hydroxyl groups is 1. The largest absolute Gasteiger partial charge is 0.490 e. The van der Waals surface area contributed by atoms with Crippen molar-refractivity contribution in [2.45, 2.75) is 13.5 Å². The van der Waals surface area contributed by atoms with Crippen LogP contribution in [-0.2, 0) is 16.1 Å². The molecule has 0 unspecified atom stereocenters. The average Bonchev–Trinajstić information content (AvgIpc) is 3.08. The van der Waals surface area contributed by atoms with Gasteiger partial charge in [-0.2, -0.15) is 0 Å². The molecule has 1 fully saturated rings. The second kappa shape index (κ2) is 7.93. The Morgan fingerprint density at radius 3 is 2.55 bits per heavy atom. The van der Waals surface area contributed by atoms with Crippen molar-refractivity contribution in [2.24, 2.45) is 5.41 Å². The quantitative estimate of drug-likeness (QED) is 0.682. The molecule has 2 aromatic rings. The van der Waals surface area contributed by atoms with Crippen LogP contribution in [0.15, 0.2) is 30.3 Å². The molecule has 29 heavy (non-hydrogen) atoms. The van der Waals surface area contributed by atoms with E-state index in [0.29, 0.717) is 42.6 Å². The topological polar surface area (TPSA) is 83.5 Å². The molecule has 2 heterocycles. The molecule has 7 nitrogen and oxygen atoms in total. The monoisotopic (exact) mass is 400 g/mol. The SMILES string of the molecule is CCOc1ccc(-c2ccc3c(c2)COC3=O)c(OCC2(CO)COC2)c1OC. The van der Waals surface area contributed by atoms with Crippen LogP contribution in [0.25, 0.3) is 11.1 Å². The van der Waals surface area contributed by atoms with E-state index in [1.54, 1.807) is 13.2 Å². The Balaban J connectivity index is 1.75. The van der Waals surface area contributed by atoms with Crippen molar-refractivity contribution < 1.29 is 33.6 Å². The van der Waals surface area contributed by atoms with Crippen LogP contribution in [0.5, 0.6) is 17.2 Å². The Morgan fingerprint density at radius 2 is 1.90 bits per heavy atom. The molecule has 0 saturated carbocycles. The number of carbonyl (C=O) groups excluding carboxylic acids is 1. The van der Waals surface area contributed by atoms with Gasteiger partial charge in [0.15, 0.2) is 11.5 Å². The summed E-state index contributed by atoms with van der Waals surface area (Å²) in [4.78, 5) is 11.8. The van der Waals surface area contributed by atoms with Crippen LogP contribution < -0.4 is 14.2 Å². The lowest BCUT2D eigenvalue weighted by molar-refractivity contribution is -0.153. The number of hydrogen-bond acceptors (Lipinski definition) is 7. The van der Waals surface area contributed by atoms with E-state index in [0.717, 1.165) is 16.7 Å². The first-order valence-electron chi connectivity index (χ1n) is 9.56. The van der Waals surface area contributed by atoms with Crippen LogP contribution in [0.4, 0.5) is 0 Å². The van der Waals surface area contributed by atoms with Crippen LogP contribution >= 0.6 is 0 Å². The Bertz CT molecular complexity index is 912. The van der Waals surface area contributed by atoms with Gasteiger partial charge in [-0.25, -0.2) is 4.79 Å². The summed E-state index contributed by atoms with van der Waals surface area (Å²) in [5, 5.41) is 9.74. The standard InChI is InChI=1S/C22H24O7/c1-3-27-18-7-6-16(14-4-5-17-15(8-14)9-28-21(17)24)19(20(18)25-2)29-13-22(10-23)11-26-12-22/h4-8,23H,3,9-13H2,1-2H3. The van der Waals surface area contributed by atoms with Crippen molar-refractivity contribution in [1.29, 1.82) is 0 Å². The van der Waals surface area contributed by atoms with Gasteiger partial charge in [-0.05, 0) is 36.8 Å². The van der Waals surface area contributed by atoms with Gasteiger partial charge >= 0.3 is 5.97 Å². The Morgan fingerprint density at radius 1 is 1.10 bits per heavy atom. The fourth-order valence-electron chi connectivity index (χ4n) is 3.51. The van der Waals surface area contributed by atoms with E-state index in [9.17, 15) is 9.90 Å². The van der Waals surface area contributed by atoms with Gasteiger partial charge in [0.25, 0.3) is 0 Å². The second-order valence-corrected chi connectivity index (χ2v) is 7.29. The normalized spacial score (nSPS) is 16.6. The highest BCUT2D eigenvalue weighted by molar-refractivity contribution is 5.94. The molecule has 0 amide bonds. The summed E-state index contributed by atoms with van der Waals surface area (Å²) in [6.07, 6.45) is 0. The summed E-state index contributed by atoms with van der Waals surface area (Å²) in [5.74, 6) is 1.30. The molecule has 7 heteroatoms. The number of benzene rings is 2. The summed E-state index contributed by atoms with van der Waals surface area (Å²) in [7, 11) is 1.57. The number of methoxy groups -OCH3 is 1. The van der Waals surface area contributed by atoms with E-state index in [1.807, 2.05) is 31.2 Å². The fourth-order valence-corrected chi connectivity index (χ4v) is 3.51. The number of ether oxygens (including phenoxy) is 5. The highest BCUT2D eigenvalue weighted by Crippen LogP contribution is 2.46. The molecular formula is C22H24O7. The van der Waals surface area contributed by atoms with Gasteiger partial charge in [0.1, 0.15) is 13.2 Å². The second-order valence-electron chi connectivity index (χ2n) is 7.29. The zero-order valence-electron chi connectivity index (χ0n) is 16.5. The molecule has 2 aliphatic rings. The number of carbonyl (C=O) groups is 1. The lowest BCUT2D eigenvalue weighted by atomic mass is 9.88. The molecule has 0 spiro atoms. The van der Waals surface area contributed by atoms with Crippen molar-refractivity contribution in [2.75, 3.05) is 40.1 Å². The van der Waals surface area contributed by atoms with Crippen LogP contribution in [0, 0.1) is 5.41 Å². The minimum absolute atomic E-state index is 0.0197. The molecule has 154 valence electrons. The highest BCUT2D eigenvalue weighted by atomic mass is 16.5. The molecule has 0 aromatic heterocycles. The van der Waals surface area contributed by atoms with Crippen LogP contribution in [0.3, 0.4) is 0 Å². The van der Waals surface area contributed by atoms with E-state index in [-0.39, 0.29) is 25.8 Å². The minimum atomic E-state index is -0.415. The molecule has 2 aliphatic heterocycles. The lowest BCUT2D eigenvalue weighted by Gasteiger charge is -2.39. The Kier molecular flexibility index (Phi) is 5.34. The predicted octanol–water partition coefficient (Wildman–Crippen LogP) is 2.82. The van der Waals surface area contributed by atoms with Crippen LogP contribution in [0.1, 0.15) is 22.8 Å². The zero-order valence-corrected chi connectivity index (χ0v) is 16.5. The van der Waals surface area contributed by atoms with Crippen molar-refractivity contribution >= 4 is 5.97 Å². The first kappa shape index (κ1) is 19.5. The zero-order chi connectivity index (χ0) is 20.4. The maximum atomic E-state index is 11.8. The summed E-state index contributed by atoms with van der Waals surface area (Å²) in [6.45, 7) is 3.81. The Labute approximate surface area is 169 Å². The highest BCUT2D eigenvalue weighted by Gasteiger charge is 2.39. The van der Waals surface area contributed by atoms with Gasteiger partial charge in [-0.15, -0.1) is 0 Å². The fraction of sp³-hybridized carbons (Fsp3) is 0.409. The summed E-state index contributed by atoms with van der Waals surface area (Å²) >= 11 is 0. The third-order valence-electron chi connectivity index (χ3n) is 5.25. The lowest BCUT2D eigenvalue weighted by Crippen LogP contribution is -2.50. The summed E-state index contributed by atoms with van der Waals surface area (Å²) < 4.78 is 27.9. The van der Waals surface area contributed by atoms with Crippen molar-refractivity contribution in [1.82, 2.24) is 0 Å². The number of aliphatic hydroxyl groups excluding tert-OH is 1. The average molecular weight is 400 g/mol. The minimum Gasteiger partial charge on any atom is -0.490 e. The van der Waals surface area contributed by atoms with Crippen molar-refractivity contribution in [3.05, 3.63) is 41.5 Å². The number of rotatable bonds is 8. The number of hydrogen-bond donors (Lipinski definition) is 1. The maximum Gasteiger partial charge on any atom is 0.338 e. The van der Waals surface area contributed by atoms with E-state index in [1.165, 1.54) is 0 Å². The van der Waals surface area contributed by atoms with E-state index in [4.69, 9.17) is 23.7 Å². The van der Waals surface area contributed by atoms with Crippen molar-refractivity contribution in [3.63, 3.8) is 0 Å².